The van der Waals surface area contributed by atoms with Crippen molar-refractivity contribution >= 4 is 5.78 Å². The summed E-state index contributed by atoms with van der Waals surface area (Å²) in [6.07, 6.45) is 0.516. The summed E-state index contributed by atoms with van der Waals surface area (Å²) in [6.45, 7) is 3.93. The number of carbonyl (C=O) groups is 1. The van der Waals surface area contributed by atoms with Gasteiger partial charge in [-0.05, 0) is 26.5 Å². The van der Waals surface area contributed by atoms with E-state index in [1.165, 1.54) is 5.56 Å². The van der Waals surface area contributed by atoms with Gasteiger partial charge in [0.25, 0.3) is 0 Å². The van der Waals surface area contributed by atoms with Gasteiger partial charge in [0, 0.05) is 6.42 Å². The molecular formula is C12H17NO. The van der Waals surface area contributed by atoms with Crippen LogP contribution in [0.1, 0.15) is 18.1 Å². The lowest BCUT2D eigenvalue weighted by atomic mass is 10.0. The molecule has 1 aromatic carbocycles. The maximum Gasteiger partial charge on any atom is 0.153 e. The Morgan fingerprint density at radius 1 is 1.36 bits per heavy atom. The number of hydrogen-bond donors (Lipinski definition) is 1. The standard InChI is InChI=1S/C12H17NO/c1-9-4-6-11(7-5-9)8-12(14)10(2)13-3/h4-7,10,13H,8H2,1-3H3/t10-/m0/s1. The second-order valence-electron chi connectivity index (χ2n) is 3.64. The molecule has 0 amide bonds. The minimum atomic E-state index is -0.0590. The Kier molecular flexibility index (Phi) is 3.84. The number of nitrogens with one attached hydrogen (secondary N) is 1. The highest BCUT2D eigenvalue weighted by atomic mass is 16.1. The fourth-order valence-corrected chi connectivity index (χ4v) is 1.22. The third-order valence-corrected chi connectivity index (χ3v) is 2.41. The van der Waals surface area contributed by atoms with Crippen LogP contribution in [0.3, 0.4) is 0 Å². The van der Waals surface area contributed by atoms with Crippen LogP contribution < -0.4 is 5.32 Å². The highest BCUT2D eigenvalue weighted by Crippen LogP contribution is 2.05. The Hall–Kier alpha value is -1.15. The Morgan fingerprint density at radius 3 is 2.43 bits per heavy atom. The molecule has 14 heavy (non-hydrogen) atoms. The van der Waals surface area contributed by atoms with Gasteiger partial charge in [-0.2, -0.15) is 0 Å². The second-order valence-corrected chi connectivity index (χ2v) is 3.64. The molecule has 0 spiro atoms. The van der Waals surface area contributed by atoms with Gasteiger partial charge in [0.2, 0.25) is 0 Å². The van der Waals surface area contributed by atoms with Crippen LogP contribution in [0, 0.1) is 6.92 Å². The maximum atomic E-state index is 11.6. The van der Waals surface area contributed by atoms with E-state index in [-0.39, 0.29) is 11.8 Å². The van der Waals surface area contributed by atoms with Crippen molar-refractivity contribution in [3.63, 3.8) is 0 Å². The minimum absolute atomic E-state index is 0.0590. The first kappa shape index (κ1) is 10.9. The predicted octanol–water partition coefficient (Wildman–Crippen LogP) is 1.71. The summed E-state index contributed by atoms with van der Waals surface area (Å²) < 4.78 is 0. The largest absolute Gasteiger partial charge is 0.311 e. The molecule has 2 nitrogen and oxygen atoms in total. The average Bonchev–Trinajstić information content (AvgIpc) is 2.20. The first-order valence-corrected chi connectivity index (χ1v) is 4.89. The lowest BCUT2D eigenvalue weighted by Gasteiger charge is -2.08. The van der Waals surface area contributed by atoms with Gasteiger partial charge in [-0.3, -0.25) is 4.79 Å². The van der Waals surface area contributed by atoms with E-state index in [4.69, 9.17) is 0 Å². The first-order valence-electron chi connectivity index (χ1n) is 4.89. The number of ketones is 1. The third kappa shape index (κ3) is 2.96. The van der Waals surface area contributed by atoms with Crippen LogP contribution in [0.4, 0.5) is 0 Å². The van der Waals surface area contributed by atoms with E-state index in [0.717, 1.165) is 5.56 Å². The van der Waals surface area contributed by atoms with Crippen molar-refractivity contribution in [2.45, 2.75) is 26.3 Å². The molecule has 0 aromatic heterocycles. The maximum absolute atomic E-state index is 11.6. The number of likely N-dealkylation sites (N-methyl/N-ethyl adjacent to an activating group) is 1. The van der Waals surface area contributed by atoms with Crippen LogP contribution in [0.5, 0.6) is 0 Å². The predicted molar refractivity (Wildman–Crippen MR) is 58.4 cm³/mol. The number of aryl methyl sites for hydroxylation is 1. The van der Waals surface area contributed by atoms with E-state index in [1.54, 1.807) is 7.05 Å². The highest BCUT2D eigenvalue weighted by molar-refractivity contribution is 5.85. The van der Waals surface area contributed by atoms with Crippen molar-refractivity contribution in [2.75, 3.05) is 7.05 Å². The van der Waals surface area contributed by atoms with Crippen LogP contribution in [0.25, 0.3) is 0 Å². The Labute approximate surface area is 85.3 Å². The molecular weight excluding hydrogens is 174 g/mol. The normalized spacial score (nSPS) is 12.5. The number of benzene rings is 1. The molecule has 0 aliphatic heterocycles. The molecule has 0 unspecified atom stereocenters. The van der Waals surface area contributed by atoms with Crippen molar-refractivity contribution < 1.29 is 4.79 Å². The lowest BCUT2D eigenvalue weighted by molar-refractivity contribution is -0.119. The summed E-state index contributed by atoms with van der Waals surface area (Å²) in [7, 11) is 1.80. The van der Waals surface area contributed by atoms with Gasteiger partial charge in [-0.25, -0.2) is 0 Å². The molecule has 0 aliphatic rings. The van der Waals surface area contributed by atoms with Gasteiger partial charge in [-0.15, -0.1) is 0 Å². The molecule has 0 saturated carbocycles. The summed E-state index contributed by atoms with van der Waals surface area (Å²) in [6, 6.07) is 8.03. The highest BCUT2D eigenvalue weighted by Gasteiger charge is 2.10. The fourth-order valence-electron chi connectivity index (χ4n) is 1.22. The molecule has 1 rings (SSSR count). The SMILES string of the molecule is CN[C@@H](C)C(=O)Cc1ccc(C)cc1. The molecule has 0 fully saturated rings. The van der Waals surface area contributed by atoms with E-state index in [0.29, 0.717) is 6.42 Å². The van der Waals surface area contributed by atoms with Crippen molar-refractivity contribution in [3.05, 3.63) is 35.4 Å². The Balaban J connectivity index is 2.60. The van der Waals surface area contributed by atoms with E-state index in [9.17, 15) is 4.79 Å². The summed E-state index contributed by atoms with van der Waals surface area (Å²) in [4.78, 5) is 11.6. The number of Topliss-reactive ketones (excluding diaryl/α,β-unsaturated/α-hetero) is 1. The van der Waals surface area contributed by atoms with Crippen molar-refractivity contribution in [1.82, 2.24) is 5.32 Å². The van der Waals surface area contributed by atoms with Crippen LogP contribution in [0.2, 0.25) is 0 Å². The Morgan fingerprint density at radius 2 is 1.93 bits per heavy atom. The number of rotatable bonds is 4. The quantitative estimate of drug-likeness (QED) is 0.785. The van der Waals surface area contributed by atoms with Gasteiger partial charge in [0.15, 0.2) is 5.78 Å². The van der Waals surface area contributed by atoms with Crippen LogP contribution >= 0.6 is 0 Å². The molecule has 0 saturated heterocycles. The smallest absolute Gasteiger partial charge is 0.153 e. The third-order valence-electron chi connectivity index (χ3n) is 2.41. The van der Waals surface area contributed by atoms with Gasteiger partial charge in [-0.1, -0.05) is 29.8 Å². The van der Waals surface area contributed by atoms with Gasteiger partial charge in [0.1, 0.15) is 0 Å². The van der Waals surface area contributed by atoms with E-state index < -0.39 is 0 Å². The summed E-state index contributed by atoms with van der Waals surface area (Å²) >= 11 is 0. The van der Waals surface area contributed by atoms with Gasteiger partial charge >= 0.3 is 0 Å². The van der Waals surface area contributed by atoms with Crippen LogP contribution in [0.15, 0.2) is 24.3 Å². The molecule has 0 bridgehead atoms. The molecule has 0 radical (unpaired) electrons. The van der Waals surface area contributed by atoms with Crippen molar-refractivity contribution in [1.29, 1.82) is 0 Å². The van der Waals surface area contributed by atoms with Gasteiger partial charge < -0.3 is 5.32 Å². The molecule has 1 atom stereocenters. The molecule has 1 aromatic rings. The summed E-state index contributed by atoms with van der Waals surface area (Å²) in [5, 5.41) is 2.95. The van der Waals surface area contributed by atoms with Crippen molar-refractivity contribution in [3.8, 4) is 0 Å². The summed E-state index contributed by atoms with van der Waals surface area (Å²) in [5.74, 6) is 0.233. The average molecular weight is 191 g/mol. The number of carbonyl (C=O) groups excluding carboxylic acids is 1. The van der Waals surface area contributed by atoms with Crippen molar-refractivity contribution in [2.24, 2.45) is 0 Å². The molecule has 0 aliphatic carbocycles. The van der Waals surface area contributed by atoms with E-state index >= 15 is 0 Å². The molecule has 0 heterocycles. The zero-order chi connectivity index (χ0) is 10.6. The fraction of sp³-hybridized carbons (Fsp3) is 0.417. The number of hydrogen-bond acceptors (Lipinski definition) is 2. The summed E-state index contributed by atoms with van der Waals surface area (Å²) in [5.41, 5.74) is 2.31. The first-order chi connectivity index (χ1) is 6.63. The topological polar surface area (TPSA) is 29.1 Å². The van der Waals surface area contributed by atoms with E-state index in [1.807, 2.05) is 38.1 Å². The monoisotopic (exact) mass is 191 g/mol. The zero-order valence-electron chi connectivity index (χ0n) is 9.00. The van der Waals surface area contributed by atoms with Crippen LogP contribution in [-0.2, 0) is 11.2 Å². The minimum Gasteiger partial charge on any atom is -0.311 e. The van der Waals surface area contributed by atoms with Gasteiger partial charge in [0.05, 0.1) is 6.04 Å². The lowest BCUT2D eigenvalue weighted by Crippen LogP contribution is -2.31. The van der Waals surface area contributed by atoms with Crippen LogP contribution in [-0.4, -0.2) is 18.9 Å². The van der Waals surface area contributed by atoms with E-state index in [2.05, 4.69) is 5.32 Å². The molecule has 2 heteroatoms. The Bertz CT molecular complexity index is 303. The molecule has 76 valence electrons. The second kappa shape index (κ2) is 4.91. The molecule has 1 N–H and O–H groups in total. The zero-order valence-corrected chi connectivity index (χ0v) is 9.00.